The van der Waals surface area contributed by atoms with E-state index in [9.17, 15) is 9.59 Å². The van der Waals surface area contributed by atoms with E-state index in [1.165, 1.54) is 6.08 Å². The highest BCUT2D eigenvalue weighted by Crippen LogP contribution is 1.94. The molecule has 11 heavy (non-hydrogen) atoms. The quantitative estimate of drug-likeness (QED) is 0.190. The van der Waals surface area contributed by atoms with Crippen LogP contribution in [0.1, 0.15) is 0 Å². The molecule has 0 aromatic rings. The lowest BCUT2D eigenvalue weighted by Crippen LogP contribution is -2.08. The summed E-state index contributed by atoms with van der Waals surface area (Å²) < 4.78 is 8.58. The first-order valence-electron chi connectivity index (χ1n) is 2.79. The molecule has 0 aliphatic heterocycles. The van der Waals surface area contributed by atoms with Gasteiger partial charge >= 0.3 is 5.97 Å². The monoisotopic (exact) mass is 156 g/mol. The lowest BCUT2D eigenvalue weighted by atomic mass is 10.5. The summed E-state index contributed by atoms with van der Waals surface area (Å²) in [6.45, 7) is 6.63. The van der Waals surface area contributed by atoms with Gasteiger partial charge in [0.1, 0.15) is 6.61 Å². The summed E-state index contributed by atoms with van der Waals surface area (Å²) in [6.07, 6.45) is 1.39. The summed E-state index contributed by atoms with van der Waals surface area (Å²) in [5, 5.41) is 0. The minimum absolute atomic E-state index is 0.0695. The zero-order valence-electron chi connectivity index (χ0n) is 5.91. The van der Waals surface area contributed by atoms with Gasteiger partial charge in [0.25, 0.3) is 6.47 Å². The van der Waals surface area contributed by atoms with Gasteiger partial charge in [0, 0.05) is 0 Å². The van der Waals surface area contributed by atoms with Crippen LogP contribution in [-0.2, 0) is 19.1 Å². The second-order valence-corrected chi connectivity index (χ2v) is 1.52. The van der Waals surface area contributed by atoms with Crippen molar-refractivity contribution < 1.29 is 19.1 Å². The van der Waals surface area contributed by atoms with Crippen molar-refractivity contribution in [1.29, 1.82) is 0 Å². The van der Waals surface area contributed by atoms with Crippen LogP contribution in [0.4, 0.5) is 0 Å². The SMILES string of the molecule is C=CCOC(=O)C(=C)OC=O. The first-order valence-corrected chi connectivity index (χ1v) is 2.79. The van der Waals surface area contributed by atoms with Crippen molar-refractivity contribution in [2.75, 3.05) is 6.61 Å². The molecule has 60 valence electrons. The molecule has 0 bridgehead atoms. The van der Waals surface area contributed by atoms with Crippen LogP contribution < -0.4 is 0 Å². The Morgan fingerprint density at radius 1 is 1.55 bits per heavy atom. The van der Waals surface area contributed by atoms with E-state index in [2.05, 4.69) is 22.6 Å². The molecule has 0 rings (SSSR count). The van der Waals surface area contributed by atoms with Gasteiger partial charge < -0.3 is 9.47 Å². The second-order valence-electron chi connectivity index (χ2n) is 1.52. The maximum Gasteiger partial charge on any atom is 0.374 e. The Morgan fingerprint density at radius 2 is 2.18 bits per heavy atom. The van der Waals surface area contributed by atoms with Gasteiger partial charge in [-0.2, -0.15) is 0 Å². The summed E-state index contributed by atoms with van der Waals surface area (Å²) in [5.74, 6) is -1.10. The van der Waals surface area contributed by atoms with Gasteiger partial charge in [-0.15, -0.1) is 0 Å². The van der Waals surface area contributed by atoms with Crippen LogP contribution in [0.3, 0.4) is 0 Å². The molecule has 0 fully saturated rings. The summed E-state index contributed by atoms with van der Waals surface area (Å²) in [5.41, 5.74) is 0. The minimum atomic E-state index is -0.767. The van der Waals surface area contributed by atoms with Gasteiger partial charge in [0.05, 0.1) is 0 Å². The van der Waals surface area contributed by atoms with Gasteiger partial charge in [-0.25, -0.2) is 4.79 Å². The van der Waals surface area contributed by atoms with Gasteiger partial charge in [-0.05, 0) is 6.58 Å². The Balaban J connectivity index is 3.72. The Morgan fingerprint density at radius 3 is 2.64 bits per heavy atom. The molecule has 0 amide bonds. The third-order valence-corrected chi connectivity index (χ3v) is 0.750. The van der Waals surface area contributed by atoms with E-state index in [4.69, 9.17) is 0 Å². The van der Waals surface area contributed by atoms with E-state index in [0.29, 0.717) is 0 Å². The van der Waals surface area contributed by atoms with Crippen molar-refractivity contribution in [1.82, 2.24) is 0 Å². The first-order chi connectivity index (χ1) is 5.22. The van der Waals surface area contributed by atoms with Crippen molar-refractivity contribution in [2.45, 2.75) is 0 Å². The first kappa shape index (κ1) is 9.42. The number of esters is 1. The Labute approximate surface area is 64.1 Å². The van der Waals surface area contributed by atoms with Crippen LogP contribution >= 0.6 is 0 Å². The lowest BCUT2D eigenvalue weighted by molar-refractivity contribution is -0.145. The van der Waals surface area contributed by atoms with Crippen LogP contribution in [0.2, 0.25) is 0 Å². The highest BCUT2D eigenvalue weighted by atomic mass is 16.6. The van der Waals surface area contributed by atoms with Gasteiger partial charge in [0.15, 0.2) is 0 Å². The normalized spacial score (nSPS) is 8.00. The second kappa shape index (κ2) is 5.22. The van der Waals surface area contributed by atoms with Crippen molar-refractivity contribution in [3.8, 4) is 0 Å². The van der Waals surface area contributed by atoms with Gasteiger partial charge in [-0.3, -0.25) is 4.79 Å². The van der Waals surface area contributed by atoms with Crippen molar-refractivity contribution in [3.63, 3.8) is 0 Å². The molecule has 4 heteroatoms. The average Bonchev–Trinajstić information content (AvgIpc) is 2.00. The number of carbonyl (C=O) groups is 2. The van der Waals surface area contributed by atoms with Crippen LogP contribution in [0.5, 0.6) is 0 Å². The Kier molecular flexibility index (Phi) is 4.47. The van der Waals surface area contributed by atoms with Crippen molar-refractivity contribution in [3.05, 3.63) is 25.0 Å². The van der Waals surface area contributed by atoms with Crippen molar-refractivity contribution in [2.24, 2.45) is 0 Å². The highest BCUT2D eigenvalue weighted by Gasteiger charge is 2.07. The molecular formula is C7H8O4. The number of ether oxygens (including phenoxy) is 2. The maximum atomic E-state index is 10.6. The van der Waals surface area contributed by atoms with Crippen LogP contribution in [0.15, 0.2) is 25.0 Å². The molecule has 0 radical (unpaired) electrons. The highest BCUT2D eigenvalue weighted by molar-refractivity contribution is 5.86. The fraction of sp³-hybridized carbons (Fsp3) is 0.143. The molecule has 4 nitrogen and oxygen atoms in total. The van der Waals surface area contributed by atoms with Crippen LogP contribution in [0.25, 0.3) is 0 Å². The predicted octanol–water partition coefficient (Wildman–Crippen LogP) is 0.402. The molecule has 0 unspecified atom stereocenters. The summed E-state index contributed by atoms with van der Waals surface area (Å²) in [4.78, 5) is 20.3. The van der Waals surface area contributed by atoms with E-state index < -0.39 is 5.97 Å². The summed E-state index contributed by atoms with van der Waals surface area (Å²) >= 11 is 0. The minimum Gasteiger partial charge on any atom is -0.456 e. The number of rotatable bonds is 5. The smallest absolute Gasteiger partial charge is 0.374 e. The molecule has 0 atom stereocenters. The molecule has 0 saturated carbocycles. The van der Waals surface area contributed by atoms with Gasteiger partial charge in [0.2, 0.25) is 5.76 Å². The third kappa shape index (κ3) is 3.91. The zero-order valence-corrected chi connectivity index (χ0v) is 5.91. The Hall–Kier alpha value is -1.58. The molecule has 0 saturated heterocycles. The van der Waals surface area contributed by atoms with Crippen LogP contribution in [0, 0.1) is 0 Å². The number of hydrogen-bond acceptors (Lipinski definition) is 4. The topological polar surface area (TPSA) is 52.6 Å². The maximum absolute atomic E-state index is 10.6. The zero-order chi connectivity index (χ0) is 8.69. The van der Waals surface area contributed by atoms with E-state index in [-0.39, 0.29) is 18.8 Å². The van der Waals surface area contributed by atoms with Crippen molar-refractivity contribution >= 4 is 12.4 Å². The standard InChI is InChI=1S/C7H8O4/c1-3-4-10-7(9)6(2)11-5-8/h3,5H,1-2,4H2. The summed E-state index contributed by atoms with van der Waals surface area (Å²) in [6, 6.07) is 0. The van der Waals surface area contributed by atoms with E-state index in [1.54, 1.807) is 0 Å². The van der Waals surface area contributed by atoms with E-state index in [1.807, 2.05) is 0 Å². The number of hydrogen-bond donors (Lipinski definition) is 0. The summed E-state index contributed by atoms with van der Waals surface area (Å²) in [7, 11) is 0. The van der Waals surface area contributed by atoms with Crippen LogP contribution in [-0.4, -0.2) is 19.0 Å². The molecule has 0 heterocycles. The van der Waals surface area contributed by atoms with Gasteiger partial charge in [-0.1, -0.05) is 12.7 Å². The fourth-order valence-corrected chi connectivity index (χ4v) is 0.321. The lowest BCUT2D eigenvalue weighted by Gasteiger charge is -2.00. The van der Waals surface area contributed by atoms with E-state index >= 15 is 0 Å². The molecule has 0 aromatic carbocycles. The largest absolute Gasteiger partial charge is 0.456 e. The molecule has 0 aliphatic carbocycles. The molecule has 0 aromatic heterocycles. The predicted molar refractivity (Wildman–Crippen MR) is 37.4 cm³/mol. The number of carbonyl (C=O) groups excluding carboxylic acids is 2. The third-order valence-electron chi connectivity index (χ3n) is 0.750. The van der Waals surface area contributed by atoms with E-state index in [0.717, 1.165) is 0 Å². The average molecular weight is 156 g/mol. The fourth-order valence-electron chi connectivity index (χ4n) is 0.321. The molecule has 0 N–H and O–H groups in total. The molecule has 0 spiro atoms. The Bertz CT molecular complexity index is 183. The molecular weight excluding hydrogens is 148 g/mol. The molecule has 0 aliphatic rings.